The van der Waals surface area contributed by atoms with Crippen molar-refractivity contribution < 1.29 is 5.11 Å². The number of allylic oxidation sites excluding steroid dienone is 4. The molecule has 4 aliphatic rings. The minimum Gasteiger partial charge on any atom is -0.393 e. The number of hydrogen-bond donors (Lipinski definition) is 1. The molecule has 1 heteroatoms. The van der Waals surface area contributed by atoms with Gasteiger partial charge in [0.15, 0.2) is 0 Å². The Morgan fingerprint density at radius 1 is 1.24 bits per heavy atom. The molecule has 0 aromatic rings. The molecule has 4 aliphatic carbocycles. The van der Waals surface area contributed by atoms with Crippen LogP contribution in [-0.2, 0) is 0 Å². The van der Waals surface area contributed by atoms with Gasteiger partial charge < -0.3 is 5.11 Å². The van der Waals surface area contributed by atoms with E-state index in [-0.39, 0.29) is 11.5 Å². The maximum Gasteiger partial charge on any atom is 0.0597 e. The Labute approximate surface area is 129 Å². The molecule has 6 atom stereocenters. The standard InChI is InChI=1S/C20H30O/c1-12-10-14-6-4-5-7-15(14)18-13(2)11-20(3)16(19(12)18)8-9-17(20)21/h6,12-13,16-17,19,21H,4-5,7-11H2,1-3H3/t12-,13+,16+,17?,19+,20+/m1/s1. The Balaban J connectivity index is 1.83. The van der Waals surface area contributed by atoms with E-state index in [1.165, 1.54) is 38.5 Å². The lowest BCUT2D eigenvalue weighted by Gasteiger charge is -2.53. The Bertz CT molecular complexity index is 514. The summed E-state index contributed by atoms with van der Waals surface area (Å²) in [5, 5.41) is 10.6. The largest absolute Gasteiger partial charge is 0.393 e. The molecular weight excluding hydrogens is 256 g/mol. The second-order valence-corrected chi connectivity index (χ2v) is 8.57. The average Bonchev–Trinajstić information content (AvgIpc) is 2.74. The summed E-state index contributed by atoms with van der Waals surface area (Å²) in [5.41, 5.74) is 5.43. The molecule has 1 unspecified atom stereocenters. The second-order valence-electron chi connectivity index (χ2n) is 8.57. The predicted molar refractivity (Wildman–Crippen MR) is 86.8 cm³/mol. The van der Waals surface area contributed by atoms with E-state index in [2.05, 4.69) is 26.8 Å². The van der Waals surface area contributed by atoms with Gasteiger partial charge in [0.2, 0.25) is 0 Å². The maximum atomic E-state index is 10.6. The lowest BCUT2D eigenvalue weighted by atomic mass is 9.52. The molecule has 4 rings (SSSR count). The van der Waals surface area contributed by atoms with Gasteiger partial charge in [0.1, 0.15) is 0 Å². The van der Waals surface area contributed by atoms with Crippen molar-refractivity contribution in [2.75, 3.05) is 0 Å². The van der Waals surface area contributed by atoms with Crippen LogP contribution in [0.3, 0.4) is 0 Å². The molecule has 2 fully saturated rings. The summed E-state index contributed by atoms with van der Waals surface area (Å²) in [7, 11) is 0. The fourth-order valence-electron chi connectivity index (χ4n) is 6.49. The zero-order valence-electron chi connectivity index (χ0n) is 13.9. The highest BCUT2D eigenvalue weighted by molar-refractivity contribution is 5.44. The van der Waals surface area contributed by atoms with Crippen molar-refractivity contribution in [3.63, 3.8) is 0 Å². The van der Waals surface area contributed by atoms with Crippen LogP contribution in [0, 0.1) is 29.1 Å². The molecule has 1 nitrogen and oxygen atoms in total. The van der Waals surface area contributed by atoms with Crippen molar-refractivity contribution in [1.29, 1.82) is 0 Å². The number of aliphatic hydroxyl groups excluding tert-OH is 1. The first-order chi connectivity index (χ1) is 10.0. The number of fused-ring (bicyclic) bond motifs is 4. The van der Waals surface area contributed by atoms with Crippen molar-refractivity contribution in [2.45, 2.75) is 71.8 Å². The fraction of sp³-hybridized carbons (Fsp3) is 0.800. The summed E-state index contributed by atoms with van der Waals surface area (Å²) in [6.07, 6.45) is 11.2. The highest BCUT2D eigenvalue weighted by atomic mass is 16.3. The molecule has 0 aromatic carbocycles. The summed E-state index contributed by atoms with van der Waals surface area (Å²) >= 11 is 0. The maximum absolute atomic E-state index is 10.6. The highest BCUT2D eigenvalue weighted by Crippen LogP contribution is 2.62. The van der Waals surface area contributed by atoms with Gasteiger partial charge in [-0.25, -0.2) is 0 Å². The predicted octanol–water partition coefficient (Wildman–Crippen LogP) is 4.87. The van der Waals surface area contributed by atoms with Gasteiger partial charge in [-0.2, -0.15) is 0 Å². The molecule has 2 saturated carbocycles. The van der Waals surface area contributed by atoms with E-state index in [0.29, 0.717) is 5.92 Å². The van der Waals surface area contributed by atoms with Crippen LogP contribution in [0.5, 0.6) is 0 Å². The number of aliphatic hydroxyl groups is 1. The first-order valence-corrected chi connectivity index (χ1v) is 9.12. The van der Waals surface area contributed by atoms with Crippen LogP contribution in [0.25, 0.3) is 0 Å². The molecule has 0 saturated heterocycles. The van der Waals surface area contributed by atoms with Gasteiger partial charge >= 0.3 is 0 Å². The molecule has 0 aromatic heterocycles. The molecule has 0 aliphatic heterocycles. The SMILES string of the molecule is C[C@@H]1CC2=CCCCC2=C2[C@@H]1[C@@H]1CCC(O)[C@@]1(C)C[C@@H]2C. The Morgan fingerprint density at radius 3 is 2.86 bits per heavy atom. The molecule has 116 valence electrons. The van der Waals surface area contributed by atoms with E-state index in [4.69, 9.17) is 0 Å². The Morgan fingerprint density at radius 2 is 2.05 bits per heavy atom. The van der Waals surface area contributed by atoms with Crippen molar-refractivity contribution >= 4 is 0 Å². The van der Waals surface area contributed by atoms with Crippen LogP contribution in [0.15, 0.2) is 22.8 Å². The molecule has 0 spiro atoms. The van der Waals surface area contributed by atoms with E-state index in [1.807, 2.05) is 5.57 Å². The Kier molecular flexibility index (Phi) is 3.16. The third kappa shape index (κ3) is 1.86. The topological polar surface area (TPSA) is 20.2 Å². The van der Waals surface area contributed by atoms with Gasteiger partial charge in [-0.15, -0.1) is 0 Å². The molecule has 0 radical (unpaired) electrons. The minimum absolute atomic E-state index is 0.0630. The third-order valence-electron chi connectivity index (χ3n) is 7.34. The van der Waals surface area contributed by atoms with Gasteiger partial charge in [0, 0.05) is 0 Å². The van der Waals surface area contributed by atoms with Crippen LogP contribution in [0.4, 0.5) is 0 Å². The van der Waals surface area contributed by atoms with Crippen molar-refractivity contribution in [1.82, 2.24) is 0 Å². The molecule has 0 bridgehead atoms. The molecule has 0 heterocycles. The van der Waals surface area contributed by atoms with E-state index in [1.54, 1.807) is 11.1 Å². The summed E-state index contributed by atoms with van der Waals surface area (Å²) in [5.74, 6) is 2.92. The van der Waals surface area contributed by atoms with Gasteiger partial charge in [0.05, 0.1) is 6.10 Å². The zero-order valence-corrected chi connectivity index (χ0v) is 13.9. The monoisotopic (exact) mass is 286 g/mol. The van der Waals surface area contributed by atoms with Gasteiger partial charge in [0.25, 0.3) is 0 Å². The molecule has 0 amide bonds. The first kappa shape index (κ1) is 14.1. The number of hydrogen-bond acceptors (Lipinski definition) is 1. The highest BCUT2D eigenvalue weighted by Gasteiger charge is 2.56. The lowest BCUT2D eigenvalue weighted by Crippen LogP contribution is -2.47. The fourth-order valence-corrected chi connectivity index (χ4v) is 6.49. The zero-order chi connectivity index (χ0) is 14.8. The molecule has 1 N–H and O–H groups in total. The van der Waals surface area contributed by atoms with Crippen LogP contribution in [0.1, 0.15) is 65.7 Å². The Hall–Kier alpha value is -0.560. The number of rotatable bonds is 0. The molecule has 21 heavy (non-hydrogen) atoms. The summed E-state index contributed by atoms with van der Waals surface area (Å²) in [4.78, 5) is 0. The summed E-state index contributed by atoms with van der Waals surface area (Å²) < 4.78 is 0. The van der Waals surface area contributed by atoms with Crippen molar-refractivity contribution in [2.24, 2.45) is 29.1 Å². The first-order valence-electron chi connectivity index (χ1n) is 9.12. The third-order valence-corrected chi connectivity index (χ3v) is 7.34. The smallest absolute Gasteiger partial charge is 0.0597 e. The van der Waals surface area contributed by atoms with Gasteiger partial charge in [-0.3, -0.25) is 0 Å². The minimum atomic E-state index is -0.0630. The van der Waals surface area contributed by atoms with E-state index in [9.17, 15) is 5.11 Å². The quantitative estimate of drug-likeness (QED) is 0.674. The van der Waals surface area contributed by atoms with Crippen LogP contribution >= 0.6 is 0 Å². The average molecular weight is 286 g/mol. The van der Waals surface area contributed by atoms with Gasteiger partial charge in [-0.05, 0) is 85.2 Å². The lowest BCUT2D eigenvalue weighted by molar-refractivity contribution is -0.0196. The van der Waals surface area contributed by atoms with Crippen LogP contribution in [0.2, 0.25) is 0 Å². The summed E-state index contributed by atoms with van der Waals surface area (Å²) in [6, 6.07) is 0. The van der Waals surface area contributed by atoms with E-state index < -0.39 is 0 Å². The van der Waals surface area contributed by atoms with E-state index in [0.717, 1.165) is 24.2 Å². The second kappa shape index (κ2) is 4.72. The molecular formula is C20H30O. The summed E-state index contributed by atoms with van der Waals surface area (Å²) in [6.45, 7) is 7.29. The van der Waals surface area contributed by atoms with Crippen molar-refractivity contribution in [3.8, 4) is 0 Å². The van der Waals surface area contributed by atoms with E-state index >= 15 is 0 Å². The van der Waals surface area contributed by atoms with Crippen LogP contribution in [-0.4, -0.2) is 11.2 Å². The van der Waals surface area contributed by atoms with Crippen LogP contribution < -0.4 is 0 Å². The van der Waals surface area contributed by atoms with Crippen molar-refractivity contribution in [3.05, 3.63) is 22.8 Å². The van der Waals surface area contributed by atoms with Gasteiger partial charge in [-0.1, -0.05) is 32.4 Å². The normalized spacial score (nSPS) is 49.3.